The fraction of sp³-hybridized carbons (Fsp3) is 0.238. The molecule has 0 spiro atoms. The highest BCUT2D eigenvalue weighted by molar-refractivity contribution is 6.10. The summed E-state index contributed by atoms with van der Waals surface area (Å²) >= 11 is 0. The molecule has 0 radical (unpaired) electrons. The number of hydrogen-bond donors (Lipinski definition) is 1. The Bertz CT molecular complexity index is 813. The number of aliphatic hydroxyl groups is 1. The first-order valence-electron chi connectivity index (χ1n) is 8.46. The van der Waals surface area contributed by atoms with Gasteiger partial charge in [-0.05, 0) is 24.1 Å². The van der Waals surface area contributed by atoms with Crippen LogP contribution in [0.15, 0.2) is 60.7 Å². The Labute approximate surface area is 147 Å². The Balaban J connectivity index is 1.84. The van der Waals surface area contributed by atoms with Gasteiger partial charge in [-0.25, -0.2) is 0 Å². The number of nitrogens with zero attached hydrogens (tertiary/aromatic N) is 1. The lowest BCUT2D eigenvalue weighted by atomic mass is 9.89. The van der Waals surface area contributed by atoms with Crippen LogP contribution in [0.5, 0.6) is 0 Å². The van der Waals surface area contributed by atoms with Crippen molar-refractivity contribution >= 4 is 23.5 Å². The lowest BCUT2D eigenvalue weighted by molar-refractivity contribution is -0.140. The third-order valence-electron chi connectivity index (χ3n) is 4.38. The van der Waals surface area contributed by atoms with E-state index in [-0.39, 0.29) is 12.2 Å². The van der Waals surface area contributed by atoms with Crippen molar-refractivity contribution in [1.29, 1.82) is 0 Å². The molecule has 4 heteroatoms. The van der Waals surface area contributed by atoms with Gasteiger partial charge in [0.25, 0.3) is 5.91 Å². The number of para-hydroxylation sites is 1. The van der Waals surface area contributed by atoms with Gasteiger partial charge < -0.3 is 10.0 Å². The van der Waals surface area contributed by atoms with Gasteiger partial charge in [-0.15, -0.1) is 0 Å². The molecule has 1 atom stereocenters. The first-order chi connectivity index (χ1) is 12.1. The van der Waals surface area contributed by atoms with E-state index >= 15 is 0 Å². The second-order valence-corrected chi connectivity index (χ2v) is 6.22. The smallest absolute Gasteiger partial charge is 0.264 e. The molecule has 25 heavy (non-hydrogen) atoms. The van der Waals surface area contributed by atoms with E-state index in [2.05, 4.69) is 0 Å². The van der Waals surface area contributed by atoms with Gasteiger partial charge in [0.15, 0.2) is 11.4 Å². The molecule has 3 rings (SSSR count). The van der Waals surface area contributed by atoms with Crippen molar-refractivity contribution in [2.75, 3.05) is 11.4 Å². The molecule has 0 bridgehead atoms. The Kier molecular flexibility index (Phi) is 4.81. The summed E-state index contributed by atoms with van der Waals surface area (Å²) in [5.74, 6) is -0.704. The number of rotatable bonds is 6. The number of carbonyl (C=O) groups is 2. The summed E-state index contributed by atoms with van der Waals surface area (Å²) < 4.78 is 0. The standard InChI is InChI=1S/C21H21NO3/c1-2-14-22-19-11-7-6-10-18(19)21(25,20(22)24)15-17(23)13-12-16-8-4-3-5-9-16/h3-13,25H,2,14-15H2,1H3/b13-12+. The lowest BCUT2D eigenvalue weighted by Crippen LogP contribution is -2.41. The van der Waals surface area contributed by atoms with Crippen LogP contribution in [0.4, 0.5) is 5.69 Å². The van der Waals surface area contributed by atoms with Crippen LogP contribution in [0.3, 0.4) is 0 Å². The van der Waals surface area contributed by atoms with Crippen molar-refractivity contribution in [2.45, 2.75) is 25.4 Å². The van der Waals surface area contributed by atoms with Crippen molar-refractivity contribution in [3.63, 3.8) is 0 Å². The summed E-state index contributed by atoms with van der Waals surface area (Å²) in [5, 5.41) is 11.0. The third kappa shape index (κ3) is 3.26. The van der Waals surface area contributed by atoms with Gasteiger partial charge in [-0.2, -0.15) is 0 Å². The number of hydrogen-bond acceptors (Lipinski definition) is 3. The number of benzene rings is 2. The maximum atomic E-state index is 12.8. The van der Waals surface area contributed by atoms with Crippen molar-refractivity contribution < 1.29 is 14.7 Å². The van der Waals surface area contributed by atoms with E-state index in [9.17, 15) is 14.7 Å². The highest BCUT2D eigenvalue weighted by Crippen LogP contribution is 2.42. The second-order valence-electron chi connectivity index (χ2n) is 6.22. The average Bonchev–Trinajstić information content (AvgIpc) is 2.83. The summed E-state index contributed by atoms with van der Waals surface area (Å²) in [6.45, 7) is 2.49. The van der Waals surface area contributed by atoms with Crippen LogP contribution in [0, 0.1) is 0 Å². The minimum atomic E-state index is -1.79. The van der Waals surface area contributed by atoms with E-state index in [1.807, 2.05) is 49.4 Å². The van der Waals surface area contributed by atoms with E-state index in [0.29, 0.717) is 17.8 Å². The van der Waals surface area contributed by atoms with Crippen LogP contribution in [0.25, 0.3) is 6.08 Å². The monoisotopic (exact) mass is 335 g/mol. The minimum absolute atomic E-state index is 0.258. The first kappa shape index (κ1) is 17.1. The maximum Gasteiger partial charge on any atom is 0.264 e. The minimum Gasteiger partial charge on any atom is -0.375 e. The molecule has 1 heterocycles. The molecule has 0 saturated carbocycles. The normalized spacial score (nSPS) is 19.4. The van der Waals surface area contributed by atoms with Gasteiger partial charge in [0, 0.05) is 12.1 Å². The summed E-state index contributed by atoms with van der Waals surface area (Å²) in [4.78, 5) is 26.7. The zero-order chi connectivity index (χ0) is 17.9. The van der Waals surface area contributed by atoms with Gasteiger partial charge in [-0.1, -0.05) is 61.5 Å². The number of fused-ring (bicyclic) bond motifs is 1. The van der Waals surface area contributed by atoms with Crippen molar-refractivity contribution in [1.82, 2.24) is 0 Å². The van der Waals surface area contributed by atoms with Gasteiger partial charge in [0.2, 0.25) is 0 Å². The highest BCUT2D eigenvalue weighted by atomic mass is 16.3. The molecule has 1 aliphatic rings. The van der Waals surface area contributed by atoms with E-state index in [4.69, 9.17) is 0 Å². The van der Waals surface area contributed by atoms with Gasteiger partial charge >= 0.3 is 0 Å². The summed E-state index contributed by atoms with van der Waals surface area (Å²) in [6, 6.07) is 16.6. The quantitative estimate of drug-likeness (QED) is 0.824. The van der Waals surface area contributed by atoms with Crippen molar-refractivity contribution in [3.8, 4) is 0 Å². The van der Waals surface area contributed by atoms with Gasteiger partial charge in [0.05, 0.1) is 12.1 Å². The molecule has 1 N–H and O–H groups in total. The van der Waals surface area contributed by atoms with Crippen LogP contribution in [0.1, 0.15) is 30.9 Å². The van der Waals surface area contributed by atoms with E-state index < -0.39 is 11.5 Å². The van der Waals surface area contributed by atoms with E-state index in [1.54, 1.807) is 23.1 Å². The molecular formula is C21H21NO3. The molecule has 2 aromatic carbocycles. The predicted octanol–water partition coefficient (Wildman–Crippen LogP) is 3.30. The van der Waals surface area contributed by atoms with Crippen LogP contribution in [-0.4, -0.2) is 23.3 Å². The zero-order valence-electron chi connectivity index (χ0n) is 14.2. The molecule has 0 saturated heterocycles. The topological polar surface area (TPSA) is 57.6 Å². The third-order valence-corrected chi connectivity index (χ3v) is 4.38. The fourth-order valence-corrected chi connectivity index (χ4v) is 3.19. The van der Waals surface area contributed by atoms with Crippen molar-refractivity contribution in [2.24, 2.45) is 0 Å². The molecule has 0 aromatic heterocycles. The maximum absolute atomic E-state index is 12.8. The molecule has 0 aliphatic carbocycles. The predicted molar refractivity (Wildman–Crippen MR) is 98.1 cm³/mol. The Hall–Kier alpha value is -2.72. The largest absolute Gasteiger partial charge is 0.375 e. The number of allylic oxidation sites excluding steroid dienone is 1. The summed E-state index contributed by atoms with van der Waals surface area (Å²) in [5.41, 5.74) is 0.310. The molecule has 4 nitrogen and oxygen atoms in total. The number of anilines is 1. The fourth-order valence-electron chi connectivity index (χ4n) is 3.19. The Morgan fingerprint density at radius 1 is 1.12 bits per heavy atom. The molecule has 0 fully saturated rings. The molecular weight excluding hydrogens is 314 g/mol. The number of amides is 1. The zero-order valence-corrected chi connectivity index (χ0v) is 14.2. The molecule has 128 valence electrons. The molecule has 2 aromatic rings. The Morgan fingerprint density at radius 2 is 1.80 bits per heavy atom. The number of ketones is 1. The number of carbonyl (C=O) groups excluding carboxylic acids is 2. The average molecular weight is 335 g/mol. The van der Waals surface area contributed by atoms with Crippen LogP contribution < -0.4 is 4.90 Å². The summed E-state index contributed by atoms with van der Waals surface area (Å²) in [7, 11) is 0. The SMILES string of the molecule is CCCN1C(=O)C(O)(CC(=O)/C=C/c2ccccc2)c2ccccc21. The van der Waals surface area contributed by atoms with E-state index in [1.165, 1.54) is 6.08 Å². The van der Waals surface area contributed by atoms with E-state index in [0.717, 1.165) is 12.0 Å². The Morgan fingerprint density at radius 3 is 2.52 bits per heavy atom. The first-order valence-corrected chi connectivity index (χ1v) is 8.46. The van der Waals surface area contributed by atoms with Crippen molar-refractivity contribution in [3.05, 3.63) is 71.8 Å². The lowest BCUT2D eigenvalue weighted by Gasteiger charge is -2.22. The van der Waals surface area contributed by atoms with Crippen LogP contribution >= 0.6 is 0 Å². The van der Waals surface area contributed by atoms with Gasteiger partial charge in [0.1, 0.15) is 0 Å². The van der Waals surface area contributed by atoms with Gasteiger partial charge in [-0.3, -0.25) is 9.59 Å². The summed E-state index contributed by atoms with van der Waals surface area (Å²) in [6.07, 6.45) is 3.64. The van der Waals surface area contributed by atoms with Crippen LogP contribution in [-0.2, 0) is 15.2 Å². The van der Waals surface area contributed by atoms with Crippen LogP contribution in [0.2, 0.25) is 0 Å². The molecule has 1 aliphatic heterocycles. The highest BCUT2D eigenvalue weighted by Gasteiger charge is 2.50. The molecule has 1 unspecified atom stereocenters. The molecule has 1 amide bonds. The second kappa shape index (κ2) is 7.03.